The van der Waals surface area contributed by atoms with Gasteiger partial charge in [-0.3, -0.25) is 9.97 Å². The molecule has 2 aromatic heterocycles. The Labute approximate surface area is 124 Å². The Morgan fingerprint density at radius 3 is 2.52 bits per heavy atom. The minimum absolute atomic E-state index is 0.464. The zero-order valence-electron chi connectivity index (χ0n) is 12.5. The zero-order valence-corrected chi connectivity index (χ0v) is 12.5. The van der Waals surface area contributed by atoms with Gasteiger partial charge in [-0.05, 0) is 25.3 Å². The van der Waals surface area contributed by atoms with Gasteiger partial charge in [-0.2, -0.15) is 10.4 Å². The molecule has 2 heterocycles. The van der Waals surface area contributed by atoms with Crippen molar-refractivity contribution in [2.24, 2.45) is 0 Å². The molecule has 6 heteroatoms. The second-order valence-electron chi connectivity index (χ2n) is 4.67. The molecule has 21 heavy (non-hydrogen) atoms. The van der Waals surface area contributed by atoms with Gasteiger partial charge in [0, 0.05) is 6.20 Å². The number of aromatic nitrogens is 4. The summed E-state index contributed by atoms with van der Waals surface area (Å²) in [6.45, 7) is 6.39. The van der Waals surface area contributed by atoms with Crippen molar-refractivity contribution < 1.29 is 0 Å². The van der Waals surface area contributed by atoms with Crippen LogP contribution in [0.2, 0.25) is 0 Å². The largest absolute Gasteiger partial charge is 0.362 e. The molecule has 0 radical (unpaired) electrons. The number of nitrogens with zero attached hydrogens (tertiary/aromatic N) is 5. The molecule has 0 aliphatic heterocycles. The molecular formula is C15H18N6. The third kappa shape index (κ3) is 3.31. The molecule has 0 fully saturated rings. The molecule has 1 N–H and O–H groups in total. The number of rotatable bonds is 5. The second kappa shape index (κ2) is 6.75. The molecule has 6 nitrogen and oxygen atoms in total. The monoisotopic (exact) mass is 282 g/mol. The highest BCUT2D eigenvalue weighted by atomic mass is 15.2. The van der Waals surface area contributed by atoms with Crippen LogP contribution in [0.15, 0.2) is 12.4 Å². The maximum Gasteiger partial charge on any atom is 0.167 e. The highest BCUT2D eigenvalue weighted by Crippen LogP contribution is 2.20. The van der Waals surface area contributed by atoms with Gasteiger partial charge in [0.25, 0.3) is 0 Å². The standard InChI is InChI=1S/C15H18N6/c1-4-12-13(6-16)15(21-20-14(12)5-2)19-9-11-8-17-10(3)7-18-11/h7-8H,4-5,9H2,1-3H3,(H,19,21). The van der Waals surface area contributed by atoms with Gasteiger partial charge >= 0.3 is 0 Å². The van der Waals surface area contributed by atoms with Crippen molar-refractivity contribution in [3.8, 4) is 6.07 Å². The van der Waals surface area contributed by atoms with Gasteiger partial charge in [0.2, 0.25) is 0 Å². The minimum atomic E-state index is 0.464. The van der Waals surface area contributed by atoms with E-state index in [1.54, 1.807) is 12.4 Å². The van der Waals surface area contributed by atoms with Gasteiger partial charge in [-0.15, -0.1) is 5.10 Å². The van der Waals surface area contributed by atoms with E-state index in [0.717, 1.165) is 35.5 Å². The summed E-state index contributed by atoms with van der Waals surface area (Å²) in [6, 6.07) is 2.23. The summed E-state index contributed by atoms with van der Waals surface area (Å²) in [6.07, 6.45) is 4.96. The molecule has 0 saturated carbocycles. The summed E-state index contributed by atoms with van der Waals surface area (Å²) in [4.78, 5) is 8.46. The van der Waals surface area contributed by atoms with Crippen LogP contribution in [0, 0.1) is 18.3 Å². The number of hydrogen-bond donors (Lipinski definition) is 1. The average molecular weight is 282 g/mol. The maximum atomic E-state index is 9.40. The van der Waals surface area contributed by atoms with Crippen LogP contribution < -0.4 is 5.32 Å². The van der Waals surface area contributed by atoms with E-state index >= 15 is 0 Å². The molecule has 0 unspecified atom stereocenters. The van der Waals surface area contributed by atoms with Gasteiger partial charge < -0.3 is 5.32 Å². The molecule has 0 aliphatic carbocycles. The Morgan fingerprint density at radius 2 is 1.95 bits per heavy atom. The molecule has 0 amide bonds. The summed E-state index contributed by atoms with van der Waals surface area (Å²) in [5, 5.41) is 20.9. The summed E-state index contributed by atoms with van der Waals surface area (Å²) < 4.78 is 0. The zero-order chi connectivity index (χ0) is 15.2. The van der Waals surface area contributed by atoms with Gasteiger partial charge in [0.1, 0.15) is 11.6 Å². The van der Waals surface area contributed by atoms with E-state index in [2.05, 4.69) is 31.6 Å². The Morgan fingerprint density at radius 1 is 1.14 bits per heavy atom. The second-order valence-corrected chi connectivity index (χ2v) is 4.67. The first-order chi connectivity index (χ1) is 10.2. The summed E-state index contributed by atoms with van der Waals surface area (Å²) in [5.74, 6) is 0.508. The number of nitriles is 1. The van der Waals surface area contributed by atoms with Crippen molar-refractivity contribution in [1.82, 2.24) is 20.2 Å². The normalized spacial score (nSPS) is 10.2. The van der Waals surface area contributed by atoms with Crippen LogP contribution in [0.3, 0.4) is 0 Å². The molecule has 0 saturated heterocycles. The van der Waals surface area contributed by atoms with Gasteiger partial charge in [-0.25, -0.2) is 0 Å². The fraction of sp³-hybridized carbons (Fsp3) is 0.400. The lowest BCUT2D eigenvalue weighted by Gasteiger charge is -2.11. The quantitative estimate of drug-likeness (QED) is 0.904. The highest BCUT2D eigenvalue weighted by molar-refractivity contribution is 5.56. The third-order valence-corrected chi connectivity index (χ3v) is 3.23. The first-order valence-corrected chi connectivity index (χ1v) is 6.99. The lowest BCUT2D eigenvalue weighted by molar-refractivity contribution is 0.865. The topological polar surface area (TPSA) is 87.4 Å². The number of anilines is 1. The van der Waals surface area contributed by atoms with Gasteiger partial charge in [0.05, 0.1) is 29.8 Å². The van der Waals surface area contributed by atoms with Crippen LogP contribution in [0.5, 0.6) is 0 Å². The third-order valence-electron chi connectivity index (χ3n) is 3.23. The fourth-order valence-electron chi connectivity index (χ4n) is 2.10. The van der Waals surface area contributed by atoms with Crippen molar-refractivity contribution in [2.45, 2.75) is 40.2 Å². The van der Waals surface area contributed by atoms with E-state index in [9.17, 15) is 5.26 Å². The Balaban J connectivity index is 2.24. The van der Waals surface area contributed by atoms with Crippen LogP contribution in [0.1, 0.15) is 42.1 Å². The van der Waals surface area contributed by atoms with Gasteiger partial charge in [0.15, 0.2) is 5.82 Å². The first-order valence-electron chi connectivity index (χ1n) is 6.99. The Kier molecular flexibility index (Phi) is 4.77. The predicted molar refractivity (Wildman–Crippen MR) is 79.6 cm³/mol. The molecular weight excluding hydrogens is 264 g/mol. The molecule has 2 aromatic rings. The molecule has 0 atom stereocenters. The van der Waals surface area contributed by atoms with E-state index in [1.807, 2.05) is 20.8 Å². The molecule has 2 rings (SSSR count). The van der Waals surface area contributed by atoms with E-state index in [-0.39, 0.29) is 0 Å². The van der Waals surface area contributed by atoms with Crippen LogP contribution in [-0.2, 0) is 19.4 Å². The molecule has 0 aromatic carbocycles. The van der Waals surface area contributed by atoms with Crippen molar-refractivity contribution in [3.63, 3.8) is 0 Å². The summed E-state index contributed by atoms with van der Waals surface area (Å²) >= 11 is 0. The Hall–Kier alpha value is -2.55. The van der Waals surface area contributed by atoms with Crippen molar-refractivity contribution in [1.29, 1.82) is 5.26 Å². The molecule has 0 aliphatic rings. The van der Waals surface area contributed by atoms with Crippen LogP contribution in [-0.4, -0.2) is 20.2 Å². The lowest BCUT2D eigenvalue weighted by atomic mass is 10.0. The lowest BCUT2D eigenvalue weighted by Crippen LogP contribution is -2.10. The van der Waals surface area contributed by atoms with Crippen LogP contribution >= 0.6 is 0 Å². The van der Waals surface area contributed by atoms with Crippen molar-refractivity contribution in [2.75, 3.05) is 5.32 Å². The smallest absolute Gasteiger partial charge is 0.167 e. The Bertz CT molecular complexity index is 657. The SMILES string of the molecule is CCc1nnc(NCc2cnc(C)cn2)c(C#N)c1CC. The van der Waals surface area contributed by atoms with Crippen LogP contribution in [0.4, 0.5) is 5.82 Å². The molecule has 0 spiro atoms. The fourth-order valence-corrected chi connectivity index (χ4v) is 2.10. The van der Waals surface area contributed by atoms with Crippen molar-refractivity contribution in [3.05, 3.63) is 40.6 Å². The number of nitrogens with one attached hydrogen (secondary N) is 1. The number of aryl methyl sites for hydroxylation is 2. The van der Waals surface area contributed by atoms with E-state index in [1.165, 1.54) is 0 Å². The predicted octanol–water partition coefficient (Wildman–Crippen LogP) is 2.18. The van der Waals surface area contributed by atoms with Gasteiger partial charge in [-0.1, -0.05) is 13.8 Å². The average Bonchev–Trinajstić information content (AvgIpc) is 2.53. The number of hydrogen-bond acceptors (Lipinski definition) is 6. The minimum Gasteiger partial charge on any atom is -0.362 e. The molecule has 0 bridgehead atoms. The summed E-state index contributed by atoms with van der Waals surface area (Å²) in [5.41, 5.74) is 4.09. The maximum absolute atomic E-state index is 9.40. The van der Waals surface area contributed by atoms with E-state index < -0.39 is 0 Å². The summed E-state index contributed by atoms with van der Waals surface area (Å²) in [7, 11) is 0. The highest BCUT2D eigenvalue weighted by Gasteiger charge is 2.14. The van der Waals surface area contributed by atoms with Crippen molar-refractivity contribution >= 4 is 5.82 Å². The molecule has 108 valence electrons. The van der Waals surface area contributed by atoms with Crippen LogP contribution in [0.25, 0.3) is 0 Å². The first kappa shape index (κ1) is 14.9. The van der Waals surface area contributed by atoms with E-state index in [0.29, 0.717) is 17.9 Å². The van der Waals surface area contributed by atoms with E-state index in [4.69, 9.17) is 0 Å².